The van der Waals surface area contributed by atoms with Crippen molar-refractivity contribution in [2.75, 3.05) is 13.7 Å². The van der Waals surface area contributed by atoms with Crippen LogP contribution >= 0.6 is 27.7 Å². The van der Waals surface area contributed by atoms with Gasteiger partial charge in [-0.25, -0.2) is 4.99 Å². The number of amidine groups is 1. The number of hydrogen-bond donors (Lipinski definition) is 1. The Morgan fingerprint density at radius 3 is 2.62 bits per heavy atom. The minimum absolute atomic E-state index is 0.0750. The molecule has 1 heterocycles. The summed E-state index contributed by atoms with van der Waals surface area (Å²) in [5.74, 6) is 0.846. The SMILES string of the molecule is CCN1C(=O)/C(=C\c2ccc(O)c(Br)c2)SC1=Nc1ccc(OC)cc1. The van der Waals surface area contributed by atoms with Crippen LogP contribution in [0.15, 0.2) is 56.8 Å². The number of rotatable bonds is 4. The first-order valence-corrected chi connectivity index (χ1v) is 9.55. The quantitative estimate of drug-likeness (QED) is 0.705. The van der Waals surface area contributed by atoms with Crippen molar-refractivity contribution in [2.45, 2.75) is 6.92 Å². The van der Waals surface area contributed by atoms with Crippen LogP contribution in [0.3, 0.4) is 0 Å². The van der Waals surface area contributed by atoms with E-state index in [1.807, 2.05) is 31.2 Å². The number of benzene rings is 2. The zero-order valence-corrected chi connectivity index (χ0v) is 16.7. The number of methoxy groups -OCH3 is 1. The van der Waals surface area contributed by atoms with Crippen LogP contribution in [0, 0.1) is 0 Å². The molecule has 0 saturated carbocycles. The second-order valence-corrected chi connectivity index (χ2v) is 7.33. The minimum atomic E-state index is -0.0750. The summed E-state index contributed by atoms with van der Waals surface area (Å²) in [4.78, 5) is 19.5. The van der Waals surface area contributed by atoms with E-state index in [2.05, 4.69) is 20.9 Å². The van der Waals surface area contributed by atoms with Crippen LogP contribution in [0.4, 0.5) is 5.69 Å². The first-order valence-electron chi connectivity index (χ1n) is 7.94. The van der Waals surface area contributed by atoms with Gasteiger partial charge in [-0.15, -0.1) is 0 Å². The number of aromatic hydroxyl groups is 1. The highest BCUT2D eigenvalue weighted by Crippen LogP contribution is 2.35. The molecule has 3 rings (SSSR count). The Kier molecular flexibility index (Phi) is 5.68. The van der Waals surface area contributed by atoms with Gasteiger partial charge in [0.25, 0.3) is 5.91 Å². The van der Waals surface area contributed by atoms with Crippen LogP contribution in [-0.4, -0.2) is 34.7 Å². The van der Waals surface area contributed by atoms with Crippen molar-refractivity contribution in [2.24, 2.45) is 4.99 Å². The third-order valence-corrected chi connectivity index (χ3v) is 5.41. The standard InChI is InChI=1S/C19H17BrN2O3S/c1-3-22-18(24)17(11-12-4-9-16(23)15(20)10-12)26-19(22)21-13-5-7-14(25-2)8-6-13/h4-11,23H,3H2,1-2H3/b17-11+,21-19?. The summed E-state index contributed by atoms with van der Waals surface area (Å²) in [5.41, 5.74) is 1.58. The van der Waals surface area contributed by atoms with Crippen molar-refractivity contribution in [1.29, 1.82) is 0 Å². The van der Waals surface area contributed by atoms with Crippen LogP contribution in [0.2, 0.25) is 0 Å². The number of halogens is 1. The van der Waals surface area contributed by atoms with Gasteiger partial charge in [-0.05, 0) is 82.7 Å². The number of aliphatic imine (C=N–C) groups is 1. The molecule has 134 valence electrons. The van der Waals surface area contributed by atoms with Crippen LogP contribution in [0.25, 0.3) is 6.08 Å². The molecule has 1 saturated heterocycles. The van der Waals surface area contributed by atoms with Gasteiger partial charge in [-0.3, -0.25) is 9.69 Å². The van der Waals surface area contributed by atoms with Crippen molar-refractivity contribution in [3.05, 3.63) is 57.4 Å². The fourth-order valence-electron chi connectivity index (χ4n) is 2.40. The molecule has 0 aliphatic carbocycles. The average molecular weight is 433 g/mol. The first kappa shape index (κ1) is 18.5. The number of amides is 1. The van der Waals surface area contributed by atoms with E-state index in [4.69, 9.17) is 4.74 Å². The summed E-state index contributed by atoms with van der Waals surface area (Å²) < 4.78 is 5.74. The maximum absolute atomic E-state index is 12.7. The van der Waals surface area contributed by atoms with E-state index in [0.717, 1.165) is 17.0 Å². The smallest absolute Gasteiger partial charge is 0.266 e. The fourth-order valence-corrected chi connectivity index (χ4v) is 3.86. The number of carbonyl (C=O) groups is 1. The van der Waals surface area contributed by atoms with E-state index in [0.29, 0.717) is 21.1 Å². The predicted molar refractivity (Wildman–Crippen MR) is 109 cm³/mol. The van der Waals surface area contributed by atoms with Crippen LogP contribution < -0.4 is 4.74 Å². The molecule has 1 fully saturated rings. The topological polar surface area (TPSA) is 62.1 Å². The molecular weight excluding hydrogens is 416 g/mol. The molecule has 26 heavy (non-hydrogen) atoms. The maximum Gasteiger partial charge on any atom is 0.266 e. The Bertz CT molecular complexity index is 894. The third-order valence-electron chi connectivity index (χ3n) is 3.77. The van der Waals surface area contributed by atoms with Gasteiger partial charge in [0.1, 0.15) is 11.5 Å². The predicted octanol–water partition coefficient (Wildman–Crippen LogP) is 4.79. The second-order valence-electron chi connectivity index (χ2n) is 5.46. The molecule has 2 aromatic carbocycles. The summed E-state index contributed by atoms with van der Waals surface area (Å²) in [6, 6.07) is 12.5. The number of phenols is 1. The molecule has 2 aromatic rings. The van der Waals surface area contributed by atoms with Gasteiger partial charge in [0, 0.05) is 6.54 Å². The molecule has 0 unspecified atom stereocenters. The zero-order valence-electron chi connectivity index (χ0n) is 14.3. The van der Waals surface area contributed by atoms with E-state index in [1.54, 1.807) is 36.3 Å². The maximum atomic E-state index is 12.7. The van der Waals surface area contributed by atoms with Gasteiger partial charge in [0.05, 0.1) is 22.2 Å². The number of phenolic OH excluding ortho intramolecular Hbond substituents is 1. The highest BCUT2D eigenvalue weighted by molar-refractivity contribution is 9.10. The number of carbonyl (C=O) groups excluding carboxylic acids is 1. The van der Waals surface area contributed by atoms with Crippen molar-refractivity contribution >= 4 is 50.5 Å². The molecule has 1 N–H and O–H groups in total. The van der Waals surface area contributed by atoms with Gasteiger partial charge in [0.15, 0.2) is 5.17 Å². The summed E-state index contributed by atoms with van der Waals surface area (Å²) in [6.45, 7) is 2.46. The molecular formula is C19H17BrN2O3S. The number of thioether (sulfide) groups is 1. The van der Waals surface area contributed by atoms with E-state index >= 15 is 0 Å². The zero-order chi connectivity index (χ0) is 18.7. The van der Waals surface area contributed by atoms with E-state index in [1.165, 1.54) is 11.8 Å². The Hall–Kier alpha value is -2.25. The minimum Gasteiger partial charge on any atom is -0.507 e. The number of nitrogens with zero attached hydrogens (tertiary/aromatic N) is 2. The fraction of sp³-hybridized carbons (Fsp3) is 0.158. The molecule has 0 bridgehead atoms. The van der Waals surface area contributed by atoms with Crippen molar-refractivity contribution in [3.63, 3.8) is 0 Å². The largest absolute Gasteiger partial charge is 0.507 e. The molecule has 0 spiro atoms. The van der Waals surface area contributed by atoms with Crippen molar-refractivity contribution in [3.8, 4) is 11.5 Å². The molecule has 0 atom stereocenters. The van der Waals surface area contributed by atoms with Gasteiger partial charge in [0.2, 0.25) is 0 Å². The summed E-state index contributed by atoms with van der Waals surface area (Å²) in [6.07, 6.45) is 1.80. The van der Waals surface area contributed by atoms with Gasteiger partial charge in [-0.2, -0.15) is 0 Å². The van der Waals surface area contributed by atoms with Gasteiger partial charge >= 0.3 is 0 Å². The van der Waals surface area contributed by atoms with Gasteiger partial charge < -0.3 is 9.84 Å². The van der Waals surface area contributed by atoms with E-state index in [-0.39, 0.29) is 11.7 Å². The molecule has 0 radical (unpaired) electrons. The molecule has 1 aliphatic heterocycles. The highest BCUT2D eigenvalue weighted by atomic mass is 79.9. The van der Waals surface area contributed by atoms with Crippen LogP contribution in [0.1, 0.15) is 12.5 Å². The molecule has 7 heteroatoms. The number of likely N-dealkylation sites (N-methyl/N-ethyl adjacent to an activating group) is 1. The lowest BCUT2D eigenvalue weighted by molar-refractivity contribution is -0.122. The summed E-state index contributed by atoms with van der Waals surface area (Å²) in [5, 5.41) is 10.2. The summed E-state index contributed by atoms with van der Waals surface area (Å²) in [7, 11) is 1.62. The monoisotopic (exact) mass is 432 g/mol. The van der Waals surface area contributed by atoms with Crippen LogP contribution in [0.5, 0.6) is 11.5 Å². The molecule has 1 aliphatic rings. The number of hydrogen-bond acceptors (Lipinski definition) is 5. The Morgan fingerprint density at radius 1 is 1.27 bits per heavy atom. The number of ether oxygens (including phenoxy) is 1. The van der Waals surface area contributed by atoms with E-state index in [9.17, 15) is 9.90 Å². The third kappa shape index (κ3) is 3.94. The normalized spacial score (nSPS) is 17.3. The second kappa shape index (κ2) is 7.97. The highest BCUT2D eigenvalue weighted by Gasteiger charge is 2.32. The van der Waals surface area contributed by atoms with Crippen molar-refractivity contribution < 1.29 is 14.6 Å². The van der Waals surface area contributed by atoms with Crippen LogP contribution in [-0.2, 0) is 4.79 Å². The van der Waals surface area contributed by atoms with E-state index < -0.39 is 0 Å². The lowest BCUT2D eigenvalue weighted by Crippen LogP contribution is -2.28. The Balaban J connectivity index is 1.90. The average Bonchev–Trinajstić information content (AvgIpc) is 2.93. The van der Waals surface area contributed by atoms with Gasteiger partial charge in [-0.1, -0.05) is 6.07 Å². The lowest BCUT2D eigenvalue weighted by atomic mass is 10.2. The van der Waals surface area contributed by atoms with Crippen molar-refractivity contribution in [1.82, 2.24) is 4.90 Å². The summed E-state index contributed by atoms with van der Waals surface area (Å²) >= 11 is 4.63. The first-order chi connectivity index (χ1) is 12.5. The molecule has 0 aromatic heterocycles. The Labute approximate surface area is 164 Å². The molecule has 5 nitrogen and oxygen atoms in total. The molecule has 1 amide bonds. The Morgan fingerprint density at radius 2 is 2.00 bits per heavy atom. The lowest BCUT2D eigenvalue weighted by Gasteiger charge is -2.12.